The van der Waals surface area contributed by atoms with E-state index in [0.29, 0.717) is 28.9 Å². The molecule has 0 aliphatic heterocycles. The monoisotopic (exact) mass is 442 g/mol. The van der Waals surface area contributed by atoms with Crippen molar-refractivity contribution in [1.82, 2.24) is 10.3 Å². The standard InChI is InChI=1S/C17H16ClIN2O2/c18-13-3-4-15(19)14(8-13)17(22)21-9-12-5-6-20-16(7-12)23-10-11-1-2-11/h3-8,11H,1-2,9-10H2,(H,21,22). The molecule has 3 rings (SSSR count). The molecule has 23 heavy (non-hydrogen) atoms. The number of carbonyl (C=O) groups excluding carboxylic acids is 1. The first-order valence-corrected chi connectivity index (χ1v) is 8.88. The van der Waals surface area contributed by atoms with Gasteiger partial charge in [-0.1, -0.05) is 11.6 Å². The first kappa shape index (κ1) is 16.5. The largest absolute Gasteiger partial charge is 0.477 e. The molecule has 1 heterocycles. The summed E-state index contributed by atoms with van der Waals surface area (Å²) in [6.07, 6.45) is 4.19. The first-order valence-electron chi connectivity index (χ1n) is 7.43. The van der Waals surface area contributed by atoms with Crippen molar-refractivity contribution >= 4 is 40.1 Å². The molecule has 0 radical (unpaired) electrons. The third-order valence-corrected chi connectivity index (χ3v) is 4.76. The van der Waals surface area contributed by atoms with Gasteiger partial charge in [-0.05, 0) is 71.2 Å². The van der Waals surface area contributed by atoms with Gasteiger partial charge in [-0.25, -0.2) is 4.98 Å². The summed E-state index contributed by atoms with van der Waals surface area (Å²) in [5.74, 6) is 1.15. The van der Waals surface area contributed by atoms with Crippen molar-refractivity contribution in [2.45, 2.75) is 19.4 Å². The maximum Gasteiger partial charge on any atom is 0.252 e. The van der Waals surface area contributed by atoms with Crippen LogP contribution in [-0.2, 0) is 6.54 Å². The quantitative estimate of drug-likeness (QED) is 0.687. The van der Waals surface area contributed by atoms with Crippen LogP contribution in [0.25, 0.3) is 0 Å². The molecule has 0 spiro atoms. The van der Waals surface area contributed by atoms with Crippen LogP contribution in [0.5, 0.6) is 5.88 Å². The van der Waals surface area contributed by atoms with Crippen LogP contribution in [-0.4, -0.2) is 17.5 Å². The van der Waals surface area contributed by atoms with E-state index in [2.05, 4.69) is 32.9 Å². The van der Waals surface area contributed by atoms with Crippen LogP contribution in [0.1, 0.15) is 28.8 Å². The fourth-order valence-electron chi connectivity index (χ4n) is 2.08. The Morgan fingerprint density at radius 3 is 2.96 bits per heavy atom. The average molecular weight is 443 g/mol. The lowest BCUT2D eigenvalue weighted by Crippen LogP contribution is -2.23. The molecule has 0 saturated heterocycles. The zero-order chi connectivity index (χ0) is 16.2. The predicted molar refractivity (Wildman–Crippen MR) is 97.8 cm³/mol. The molecule has 1 saturated carbocycles. The van der Waals surface area contributed by atoms with Crippen molar-refractivity contribution in [3.05, 3.63) is 56.2 Å². The number of rotatable bonds is 6. The van der Waals surface area contributed by atoms with Crippen LogP contribution in [0, 0.1) is 9.49 Å². The van der Waals surface area contributed by atoms with Crippen LogP contribution in [0.15, 0.2) is 36.5 Å². The van der Waals surface area contributed by atoms with Gasteiger partial charge < -0.3 is 10.1 Å². The molecule has 4 nitrogen and oxygen atoms in total. The lowest BCUT2D eigenvalue weighted by molar-refractivity contribution is 0.0950. The van der Waals surface area contributed by atoms with E-state index in [4.69, 9.17) is 16.3 Å². The number of benzene rings is 1. The average Bonchev–Trinajstić information content (AvgIpc) is 3.38. The van der Waals surface area contributed by atoms with Crippen molar-refractivity contribution in [3.8, 4) is 5.88 Å². The minimum atomic E-state index is -0.144. The summed E-state index contributed by atoms with van der Waals surface area (Å²) < 4.78 is 6.52. The zero-order valence-corrected chi connectivity index (χ0v) is 15.3. The zero-order valence-electron chi connectivity index (χ0n) is 12.4. The predicted octanol–water partition coefficient (Wildman–Crippen LogP) is 4.06. The summed E-state index contributed by atoms with van der Waals surface area (Å²) in [5.41, 5.74) is 1.54. The molecular formula is C17H16ClIN2O2. The van der Waals surface area contributed by atoms with Crippen molar-refractivity contribution in [1.29, 1.82) is 0 Å². The summed E-state index contributed by atoms with van der Waals surface area (Å²) in [6.45, 7) is 1.15. The molecule has 0 atom stereocenters. The van der Waals surface area contributed by atoms with Crippen LogP contribution in [0.3, 0.4) is 0 Å². The minimum absolute atomic E-state index is 0.144. The van der Waals surface area contributed by atoms with E-state index in [9.17, 15) is 4.79 Å². The van der Waals surface area contributed by atoms with Gasteiger partial charge in [0.1, 0.15) is 0 Å². The highest BCUT2D eigenvalue weighted by atomic mass is 127. The third kappa shape index (κ3) is 4.81. The molecule has 1 fully saturated rings. The van der Waals surface area contributed by atoms with Gasteiger partial charge in [0, 0.05) is 27.4 Å². The Hall–Kier alpha value is -1.34. The number of amides is 1. The molecule has 1 aliphatic rings. The van der Waals surface area contributed by atoms with Gasteiger partial charge in [-0.2, -0.15) is 0 Å². The van der Waals surface area contributed by atoms with Gasteiger partial charge in [0.2, 0.25) is 5.88 Å². The topological polar surface area (TPSA) is 51.2 Å². The maximum absolute atomic E-state index is 12.3. The smallest absolute Gasteiger partial charge is 0.252 e. The lowest BCUT2D eigenvalue weighted by Gasteiger charge is -2.09. The van der Waals surface area contributed by atoms with Crippen LogP contribution < -0.4 is 10.1 Å². The van der Waals surface area contributed by atoms with E-state index in [1.807, 2.05) is 18.2 Å². The molecule has 0 bridgehead atoms. The molecule has 1 aromatic heterocycles. The van der Waals surface area contributed by atoms with Gasteiger partial charge in [-0.3, -0.25) is 4.79 Å². The number of hydrogen-bond donors (Lipinski definition) is 1. The van der Waals surface area contributed by atoms with E-state index >= 15 is 0 Å². The fourth-order valence-corrected chi connectivity index (χ4v) is 2.83. The summed E-state index contributed by atoms with van der Waals surface area (Å²) in [4.78, 5) is 16.5. The van der Waals surface area contributed by atoms with E-state index in [-0.39, 0.29) is 5.91 Å². The minimum Gasteiger partial charge on any atom is -0.477 e. The Kier molecular flexibility index (Phi) is 5.38. The van der Waals surface area contributed by atoms with E-state index in [1.165, 1.54) is 12.8 Å². The number of nitrogens with one attached hydrogen (secondary N) is 1. The number of halogens is 2. The SMILES string of the molecule is O=C(NCc1ccnc(OCC2CC2)c1)c1cc(Cl)ccc1I. The molecule has 120 valence electrons. The Labute approximate surface area is 153 Å². The lowest BCUT2D eigenvalue weighted by atomic mass is 10.2. The Balaban J connectivity index is 1.59. The second-order valence-corrected chi connectivity index (χ2v) is 7.16. The number of aromatic nitrogens is 1. The second-order valence-electron chi connectivity index (χ2n) is 5.56. The fraction of sp³-hybridized carbons (Fsp3) is 0.294. The molecule has 2 aromatic rings. The van der Waals surface area contributed by atoms with Gasteiger partial charge in [-0.15, -0.1) is 0 Å². The van der Waals surface area contributed by atoms with Crippen LogP contribution >= 0.6 is 34.2 Å². The van der Waals surface area contributed by atoms with Gasteiger partial charge in [0.15, 0.2) is 0 Å². The summed E-state index contributed by atoms with van der Waals surface area (Å²) in [5, 5.41) is 3.45. The molecule has 1 aliphatic carbocycles. The normalized spacial score (nSPS) is 13.7. The Morgan fingerprint density at radius 1 is 1.35 bits per heavy atom. The molecule has 1 amide bonds. The van der Waals surface area contributed by atoms with Gasteiger partial charge in [0.05, 0.1) is 12.2 Å². The molecule has 0 unspecified atom stereocenters. The highest BCUT2D eigenvalue weighted by molar-refractivity contribution is 14.1. The van der Waals surface area contributed by atoms with E-state index in [0.717, 1.165) is 15.7 Å². The number of hydrogen-bond acceptors (Lipinski definition) is 3. The number of ether oxygens (including phenoxy) is 1. The third-order valence-electron chi connectivity index (χ3n) is 3.59. The Morgan fingerprint density at radius 2 is 2.17 bits per heavy atom. The van der Waals surface area contributed by atoms with Gasteiger partial charge in [0.25, 0.3) is 5.91 Å². The van der Waals surface area contributed by atoms with Crippen molar-refractivity contribution in [2.75, 3.05) is 6.61 Å². The second kappa shape index (κ2) is 7.49. The molecule has 1 aromatic carbocycles. The highest BCUT2D eigenvalue weighted by Gasteiger charge is 2.22. The number of carbonyl (C=O) groups is 1. The Bertz CT molecular complexity index is 719. The summed E-state index contributed by atoms with van der Waals surface area (Å²) in [6, 6.07) is 9.01. The van der Waals surface area contributed by atoms with Gasteiger partial charge >= 0.3 is 0 Å². The van der Waals surface area contributed by atoms with Crippen LogP contribution in [0.4, 0.5) is 0 Å². The van der Waals surface area contributed by atoms with Crippen molar-refractivity contribution in [2.24, 2.45) is 5.92 Å². The highest BCUT2D eigenvalue weighted by Crippen LogP contribution is 2.29. The number of pyridine rings is 1. The van der Waals surface area contributed by atoms with E-state index in [1.54, 1.807) is 18.3 Å². The summed E-state index contributed by atoms with van der Waals surface area (Å²) >= 11 is 8.08. The van der Waals surface area contributed by atoms with E-state index < -0.39 is 0 Å². The number of nitrogens with zero attached hydrogens (tertiary/aromatic N) is 1. The molecular weight excluding hydrogens is 427 g/mol. The first-order chi connectivity index (χ1) is 11.1. The molecule has 6 heteroatoms. The molecule has 1 N–H and O–H groups in total. The summed E-state index contributed by atoms with van der Waals surface area (Å²) in [7, 11) is 0. The van der Waals surface area contributed by atoms with Crippen molar-refractivity contribution < 1.29 is 9.53 Å². The van der Waals surface area contributed by atoms with Crippen molar-refractivity contribution in [3.63, 3.8) is 0 Å². The van der Waals surface area contributed by atoms with Crippen LogP contribution in [0.2, 0.25) is 5.02 Å². The maximum atomic E-state index is 12.3.